The van der Waals surface area contributed by atoms with E-state index < -0.39 is 12.1 Å². The number of alkyl carbamates (subject to hydrolysis) is 1. The molecule has 0 unspecified atom stereocenters. The number of aromatic nitrogens is 3. The molecule has 33 heavy (non-hydrogen) atoms. The standard InChI is InChI=1S/C25H25N5O3/c1-17(2)23(29-25(32)33-15-18-8-4-3-5-9-18)24(31)28-19-12-13-22(26-14-19)30-16-27-20-10-6-7-11-21(20)30/h3-14,16-17,23H,15H2,1-2H3,(H,28,31)(H,29,32)/t23-/m0/s1. The average molecular weight is 444 g/mol. The molecule has 4 aromatic rings. The fourth-order valence-corrected chi connectivity index (χ4v) is 3.39. The number of hydrogen-bond acceptors (Lipinski definition) is 5. The van der Waals surface area contributed by atoms with E-state index in [1.54, 1.807) is 24.7 Å². The first-order chi connectivity index (χ1) is 16.0. The number of carbonyl (C=O) groups is 2. The van der Waals surface area contributed by atoms with Crippen LogP contribution in [0.25, 0.3) is 16.9 Å². The molecule has 0 radical (unpaired) electrons. The van der Waals surface area contributed by atoms with Crippen molar-refractivity contribution < 1.29 is 14.3 Å². The Hall–Kier alpha value is -4.20. The molecule has 2 heterocycles. The Bertz CT molecular complexity index is 1240. The van der Waals surface area contributed by atoms with Crippen molar-refractivity contribution >= 4 is 28.7 Å². The number of rotatable bonds is 7. The highest BCUT2D eigenvalue weighted by Gasteiger charge is 2.25. The Morgan fingerprint density at radius 3 is 2.45 bits per heavy atom. The Morgan fingerprint density at radius 2 is 1.73 bits per heavy atom. The summed E-state index contributed by atoms with van der Waals surface area (Å²) >= 11 is 0. The third kappa shape index (κ3) is 5.35. The third-order valence-electron chi connectivity index (χ3n) is 5.15. The first kappa shape index (κ1) is 22.0. The second-order valence-corrected chi connectivity index (χ2v) is 7.93. The van der Waals surface area contributed by atoms with Gasteiger partial charge < -0.3 is 15.4 Å². The second-order valence-electron chi connectivity index (χ2n) is 7.93. The molecule has 2 aromatic heterocycles. The van der Waals surface area contributed by atoms with Crippen molar-refractivity contribution in [2.24, 2.45) is 5.92 Å². The highest BCUT2D eigenvalue weighted by molar-refractivity contribution is 5.96. The maximum atomic E-state index is 12.8. The van der Waals surface area contributed by atoms with E-state index >= 15 is 0 Å². The third-order valence-corrected chi connectivity index (χ3v) is 5.15. The number of amides is 2. The molecule has 2 amide bonds. The van der Waals surface area contributed by atoms with Crippen LogP contribution in [0, 0.1) is 5.92 Å². The number of fused-ring (bicyclic) bond motifs is 1. The number of anilines is 1. The number of imidazole rings is 1. The van der Waals surface area contributed by atoms with Crippen molar-refractivity contribution in [3.8, 4) is 5.82 Å². The van der Waals surface area contributed by atoms with Crippen molar-refractivity contribution in [2.45, 2.75) is 26.5 Å². The number of carbonyl (C=O) groups excluding carboxylic acids is 2. The van der Waals surface area contributed by atoms with E-state index in [1.807, 2.05) is 73.0 Å². The van der Waals surface area contributed by atoms with E-state index in [1.165, 1.54) is 0 Å². The van der Waals surface area contributed by atoms with Crippen LogP contribution in [0.4, 0.5) is 10.5 Å². The SMILES string of the molecule is CC(C)[C@H](NC(=O)OCc1ccccc1)C(=O)Nc1ccc(-n2cnc3ccccc32)nc1. The summed E-state index contributed by atoms with van der Waals surface area (Å²) in [6, 6.07) is 19.9. The molecule has 0 aliphatic rings. The van der Waals surface area contributed by atoms with Gasteiger partial charge in [0, 0.05) is 0 Å². The zero-order chi connectivity index (χ0) is 23.2. The smallest absolute Gasteiger partial charge is 0.408 e. The molecule has 168 valence electrons. The van der Waals surface area contributed by atoms with Crippen molar-refractivity contribution in [1.29, 1.82) is 0 Å². The van der Waals surface area contributed by atoms with Crippen LogP contribution in [0.2, 0.25) is 0 Å². The lowest BCUT2D eigenvalue weighted by Gasteiger charge is -2.21. The monoisotopic (exact) mass is 443 g/mol. The van der Waals surface area contributed by atoms with E-state index in [0.717, 1.165) is 16.6 Å². The molecule has 0 aliphatic heterocycles. The van der Waals surface area contributed by atoms with Crippen LogP contribution in [-0.2, 0) is 16.1 Å². The molecule has 2 N–H and O–H groups in total. The maximum absolute atomic E-state index is 12.8. The van der Waals surface area contributed by atoms with Gasteiger partial charge in [0.25, 0.3) is 0 Å². The minimum atomic E-state index is -0.759. The summed E-state index contributed by atoms with van der Waals surface area (Å²) < 4.78 is 7.13. The Labute approximate surface area is 191 Å². The molecule has 1 atom stereocenters. The van der Waals surface area contributed by atoms with Gasteiger partial charge in [-0.15, -0.1) is 0 Å². The fourth-order valence-electron chi connectivity index (χ4n) is 3.39. The predicted octanol–water partition coefficient (Wildman–Crippen LogP) is 4.31. The van der Waals surface area contributed by atoms with Crippen LogP contribution in [0.3, 0.4) is 0 Å². The quantitative estimate of drug-likeness (QED) is 0.444. The lowest BCUT2D eigenvalue weighted by molar-refractivity contribution is -0.119. The molecule has 2 aromatic carbocycles. The van der Waals surface area contributed by atoms with Gasteiger partial charge in [0.15, 0.2) is 0 Å². The van der Waals surface area contributed by atoms with E-state index in [-0.39, 0.29) is 18.4 Å². The molecule has 0 saturated heterocycles. The lowest BCUT2D eigenvalue weighted by Crippen LogP contribution is -2.47. The highest BCUT2D eigenvalue weighted by atomic mass is 16.5. The van der Waals surface area contributed by atoms with Crippen LogP contribution < -0.4 is 10.6 Å². The van der Waals surface area contributed by atoms with Crippen LogP contribution in [-0.4, -0.2) is 32.6 Å². The molecule has 8 heteroatoms. The molecule has 0 bridgehead atoms. The summed E-state index contributed by atoms with van der Waals surface area (Å²) in [6.07, 6.45) is 2.64. The molecule has 0 spiro atoms. The number of ether oxygens (including phenoxy) is 1. The van der Waals surface area contributed by atoms with Gasteiger partial charge in [-0.25, -0.2) is 14.8 Å². The van der Waals surface area contributed by atoms with E-state index in [2.05, 4.69) is 20.6 Å². The van der Waals surface area contributed by atoms with Gasteiger partial charge in [0.1, 0.15) is 24.8 Å². The van der Waals surface area contributed by atoms with E-state index in [0.29, 0.717) is 11.5 Å². The number of nitrogens with one attached hydrogen (secondary N) is 2. The number of hydrogen-bond donors (Lipinski definition) is 2. The van der Waals surface area contributed by atoms with Crippen molar-refractivity contribution in [3.63, 3.8) is 0 Å². The van der Waals surface area contributed by atoms with Crippen LogP contribution >= 0.6 is 0 Å². The first-order valence-corrected chi connectivity index (χ1v) is 10.7. The van der Waals surface area contributed by atoms with Gasteiger partial charge >= 0.3 is 6.09 Å². The maximum Gasteiger partial charge on any atom is 0.408 e. The second kappa shape index (κ2) is 9.95. The average Bonchev–Trinajstić information content (AvgIpc) is 3.26. The van der Waals surface area contributed by atoms with E-state index in [4.69, 9.17) is 4.74 Å². The zero-order valence-corrected chi connectivity index (χ0v) is 18.4. The molecule has 0 aliphatic carbocycles. The predicted molar refractivity (Wildman–Crippen MR) is 126 cm³/mol. The number of nitrogens with zero attached hydrogens (tertiary/aromatic N) is 3. The Kier molecular flexibility index (Phi) is 6.64. The summed E-state index contributed by atoms with van der Waals surface area (Å²) in [5.41, 5.74) is 3.22. The highest BCUT2D eigenvalue weighted by Crippen LogP contribution is 2.18. The van der Waals surface area contributed by atoms with Gasteiger partial charge in [0.05, 0.1) is 22.9 Å². The normalized spacial score (nSPS) is 11.8. The number of pyridine rings is 1. The Balaban J connectivity index is 1.38. The summed E-state index contributed by atoms with van der Waals surface area (Å²) in [5.74, 6) is 0.202. The van der Waals surface area contributed by atoms with Gasteiger partial charge in [-0.2, -0.15) is 0 Å². The summed E-state index contributed by atoms with van der Waals surface area (Å²) in [7, 11) is 0. The van der Waals surface area contributed by atoms with Crippen LogP contribution in [0.1, 0.15) is 19.4 Å². The van der Waals surface area contributed by atoms with Gasteiger partial charge in [0.2, 0.25) is 5.91 Å². The topological polar surface area (TPSA) is 98.1 Å². The zero-order valence-electron chi connectivity index (χ0n) is 18.4. The lowest BCUT2D eigenvalue weighted by atomic mass is 10.0. The molecule has 0 saturated carbocycles. The minimum absolute atomic E-state index is 0.132. The first-order valence-electron chi connectivity index (χ1n) is 10.7. The summed E-state index contributed by atoms with van der Waals surface area (Å²) in [6.45, 7) is 3.84. The molecular weight excluding hydrogens is 418 g/mol. The molecular formula is C25H25N5O3. The fraction of sp³-hybridized carbons (Fsp3) is 0.200. The minimum Gasteiger partial charge on any atom is -0.445 e. The Morgan fingerprint density at radius 1 is 0.970 bits per heavy atom. The van der Waals surface area contributed by atoms with Gasteiger partial charge in [-0.05, 0) is 35.7 Å². The largest absolute Gasteiger partial charge is 0.445 e. The molecule has 8 nitrogen and oxygen atoms in total. The van der Waals surface area contributed by atoms with Crippen LogP contribution in [0.15, 0.2) is 79.3 Å². The molecule has 0 fully saturated rings. The van der Waals surface area contributed by atoms with E-state index in [9.17, 15) is 9.59 Å². The summed E-state index contributed by atoms with van der Waals surface area (Å²) in [4.78, 5) is 33.9. The van der Waals surface area contributed by atoms with Crippen molar-refractivity contribution in [3.05, 3.63) is 84.8 Å². The van der Waals surface area contributed by atoms with Crippen molar-refractivity contribution in [2.75, 3.05) is 5.32 Å². The summed E-state index contributed by atoms with van der Waals surface area (Å²) in [5, 5.41) is 5.47. The van der Waals surface area contributed by atoms with Gasteiger partial charge in [-0.1, -0.05) is 56.3 Å². The molecule has 4 rings (SSSR count). The number of benzene rings is 2. The van der Waals surface area contributed by atoms with Crippen molar-refractivity contribution in [1.82, 2.24) is 19.9 Å². The van der Waals surface area contributed by atoms with Crippen LogP contribution in [0.5, 0.6) is 0 Å². The van der Waals surface area contributed by atoms with Gasteiger partial charge in [-0.3, -0.25) is 9.36 Å². The number of para-hydroxylation sites is 2.